The maximum atomic E-state index is 12.6. The maximum absolute atomic E-state index is 12.6. The highest BCUT2D eigenvalue weighted by atomic mass is 35.5. The summed E-state index contributed by atoms with van der Waals surface area (Å²) in [5, 5.41) is 13.8. The van der Waals surface area contributed by atoms with E-state index in [1.807, 2.05) is 36.4 Å². The van der Waals surface area contributed by atoms with Gasteiger partial charge < -0.3 is 4.74 Å². The van der Waals surface area contributed by atoms with E-state index in [0.717, 1.165) is 16.0 Å². The Bertz CT molecular complexity index is 1390. The maximum Gasteiger partial charge on any atom is 0.268 e. The Labute approximate surface area is 217 Å². The Morgan fingerprint density at radius 1 is 1.09 bits per heavy atom. The van der Waals surface area contributed by atoms with E-state index in [4.69, 9.17) is 27.9 Å². The number of carbonyl (C=O) groups is 1. The second-order valence-electron chi connectivity index (χ2n) is 7.51. The van der Waals surface area contributed by atoms with Gasteiger partial charge in [-0.1, -0.05) is 65.7 Å². The van der Waals surface area contributed by atoms with Crippen molar-refractivity contribution in [2.45, 2.75) is 13.0 Å². The van der Waals surface area contributed by atoms with Crippen LogP contribution in [-0.4, -0.2) is 10.9 Å². The van der Waals surface area contributed by atoms with E-state index in [0.29, 0.717) is 39.5 Å². The van der Waals surface area contributed by atoms with Crippen molar-refractivity contribution in [3.8, 4) is 11.8 Å². The SMILES string of the molecule is N#C/C(=C\c1ccc(OCc2ccccc2)cc1)C(=O)Nc1ncc(Cc2cc(Cl)ccc2Cl)s1. The lowest BCUT2D eigenvalue weighted by Gasteiger charge is -2.06. The Kier molecular flexibility index (Phi) is 8.17. The summed E-state index contributed by atoms with van der Waals surface area (Å²) < 4.78 is 5.78. The number of hydrogen-bond acceptors (Lipinski definition) is 5. The standard InChI is InChI=1S/C27H19Cl2N3O2S/c28-22-8-11-25(29)20(13-22)14-24-16-31-27(35-24)32-26(33)21(15-30)12-18-6-9-23(10-7-18)34-17-19-4-2-1-3-5-19/h1-13,16H,14,17H2,(H,31,32,33)/b21-12+. The minimum atomic E-state index is -0.529. The summed E-state index contributed by atoms with van der Waals surface area (Å²) in [5.41, 5.74) is 2.62. The molecule has 0 aliphatic carbocycles. The number of amides is 1. The number of nitrogens with one attached hydrogen (secondary N) is 1. The molecule has 1 amide bonds. The number of halogens is 2. The zero-order chi connectivity index (χ0) is 24.6. The third-order valence-electron chi connectivity index (χ3n) is 4.95. The van der Waals surface area contributed by atoms with Crippen molar-refractivity contribution < 1.29 is 9.53 Å². The molecule has 0 atom stereocenters. The van der Waals surface area contributed by atoms with Gasteiger partial charge in [-0.05, 0) is 53.1 Å². The van der Waals surface area contributed by atoms with Crippen molar-refractivity contribution in [3.05, 3.63) is 116 Å². The topological polar surface area (TPSA) is 75.0 Å². The van der Waals surface area contributed by atoms with E-state index in [-0.39, 0.29) is 5.57 Å². The molecule has 0 fully saturated rings. The van der Waals surface area contributed by atoms with Gasteiger partial charge in [-0.25, -0.2) is 4.98 Å². The van der Waals surface area contributed by atoms with E-state index >= 15 is 0 Å². The van der Waals surface area contributed by atoms with Crippen LogP contribution in [0.3, 0.4) is 0 Å². The van der Waals surface area contributed by atoms with Crippen molar-refractivity contribution >= 4 is 51.7 Å². The van der Waals surface area contributed by atoms with Crippen molar-refractivity contribution in [1.82, 2.24) is 4.98 Å². The minimum absolute atomic E-state index is 0.0300. The molecule has 4 aromatic rings. The number of thiazole rings is 1. The first-order valence-corrected chi connectivity index (χ1v) is 12.2. The highest BCUT2D eigenvalue weighted by Crippen LogP contribution is 2.27. The lowest BCUT2D eigenvalue weighted by molar-refractivity contribution is -0.112. The van der Waals surface area contributed by atoms with Crippen molar-refractivity contribution in [3.63, 3.8) is 0 Å². The van der Waals surface area contributed by atoms with Gasteiger partial charge in [0.15, 0.2) is 5.13 Å². The lowest BCUT2D eigenvalue weighted by atomic mass is 10.1. The molecule has 0 radical (unpaired) electrons. The second-order valence-corrected chi connectivity index (χ2v) is 9.47. The average molecular weight is 520 g/mol. The van der Waals surface area contributed by atoms with Crippen LogP contribution < -0.4 is 10.1 Å². The number of nitriles is 1. The molecule has 0 unspecified atom stereocenters. The van der Waals surface area contributed by atoms with E-state index in [1.165, 1.54) is 17.4 Å². The molecular weight excluding hydrogens is 501 g/mol. The van der Waals surface area contributed by atoms with Crippen LogP contribution in [0.5, 0.6) is 5.75 Å². The molecule has 1 heterocycles. The van der Waals surface area contributed by atoms with Crippen LogP contribution in [-0.2, 0) is 17.8 Å². The first kappa shape index (κ1) is 24.5. The Balaban J connectivity index is 1.37. The Morgan fingerprint density at radius 3 is 2.60 bits per heavy atom. The van der Waals surface area contributed by atoms with E-state index in [2.05, 4.69) is 10.3 Å². The van der Waals surface area contributed by atoms with Gasteiger partial charge in [-0.15, -0.1) is 11.3 Å². The lowest BCUT2D eigenvalue weighted by Crippen LogP contribution is -2.13. The van der Waals surface area contributed by atoms with Crippen LogP contribution >= 0.6 is 34.5 Å². The van der Waals surface area contributed by atoms with Crippen LogP contribution in [0.2, 0.25) is 10.0 Å². The number of benzene rings is 3. The molecule has 3 aromatic carbocycles. The fourth-order valence-electron chi connectivity index (χ4n) is 3.19. The molecule has 1 aromatic heterocycles. The summed E-state index contributed by atoms with van der Waals surface area (Å²) >= 11 is 13.6. The Hall–Kier alpha value is -3.63. The molecule has 4 rings (SSSR count). The third kappa shape index (κ3) is 6.93. The molecule has 0 bridgehead atoms. The summed E-state index contributed by atoms with van der Waals surface area (Å²) in [4.78, 5) is 17.8. The number of ether oxygens (including phenoxy) is 1. The van der Waals surface area contributed by atoms with Crippen molar-refractivity contribution in [2.75, 3.05) is 5.32 Å². The fourth-order valence-corrected chi connectivity index (χ4v) is 4.40. The highest BCUT2D eigenvalue weighted by Gasteiger charge is 2.13. The van der Waals surface area contributed by atoms with Crippen LogP contribution in [0.25, 0.3) is 6.08 Å². The summed E-state index contributed by atoms with van der Waals surface area (Å²) in [6.45, 7) is 0.460. The molecule has 1 N–H and O–H groups in total. The monoisotopic (exact) mass is 519 g/mol. The van der Waals surface area contributed by atoms with Gasteiger partial charge in [0.05, 0.1) is 0 Å². The molecule has 0 aliphatic rings. The van der Waals surface area contributed by atoms with Gasteiger partial charge >= 0.3 is 0 Å². The van der Waals surface area contributed by atoms with E-state index in [9.17, 15) is 10.1 Å². The predicted molar refractivity (Wildman–Crippen MR) is 141 cm³/mol. The molecule has 0 spiro atoms. The quantitative estimate of drug-likeness (QED) is 0.198. The smallest absolute Gasteiger partial charge is 0.268 e. The molecule has 35 heavy (non-hydrogen) atoms. The average Bonchev–Trinajstić information content (AvgIpc) is 3.31. The van der Waals surface area contributed by atoms with Gasteiger partial charge in [0.2, 0.25) is 0 Å². The third-order valence-corrected chi connectivity index (χ3v) is 6.47. The number of nitrogens with zero attached hydrogens (tertiary/aromatic N) is 2. The molecule has 174 valence electrons. The highest BCUT2D eigenvalue weighted by molar-refractivity contribution is 7.15. The fraction of sp³-hybridized carbons (Fsp3) is 0.0741. The minimum Gasteiger partial charge on any atom is -0.489 e. The molecular formula is C27H19Cl2N3O2S. The predicted octanol–water partition coefficient (Wildman–Crippen LogP) is 7.17. The zero-order valence-corrected chi connectivity index (χ0v) is 20.7. The second kappa shape index (κ2) is 11.7. The van der Waals surface area contributed by atoms with Crippen molar-refractivity contribution in [1.29, 1.82) is 5.26 Å². The summed E-state index contributed by atoms with van der Waals surface area (Å²) in [6, 6.07) is 24.3. The molecule has 0 saturated heterocycles. The van der Waals surface area contributed by atoms with Crippen LogP contribution in [0.4, 0.5) is 5.13 Å². The van der Waals surface area contributed by atoms with E-state index < -0.39 is 5.91 Å². The number of hydrogen-bond donors (Lipinski definition) is 1. The van der Waals surface area contributed by atoms with Gasteiger partial charge in [0.1, 0.15) is 24.0 Å². The van der Waals surface area contributed by atoms with E-state index in [1.54, 1.807) is 48.7 Å². The largest absolute Gasteiger partial charge is 0.489 e. The molecule has 0 saturated carbocycles. The number of carbonyl (C=O) groups excluding carboxylic acids is 1. The number of anilines is 1. The summed E-state index contributed by atoms with van der Waals surface area (Å²) in [6.07, 6.45) is 3.73. The normalized spacial score (nSPS) is 11.1. The van der Waals surface area contributed by atoms with Crippen LogP contribution in [0.15, 0.2) is 84.6 Å². The zero-order valence-electron chi connectivity index (χ0n) is 18.4. The first-order valence-electron chi connectivity index (χ1n) is 10.6. The Morgan fingerprint density at radius 2 is 1.86 bits per heavy atom. The van der Waals surface area contributed by atoms with Gasteiger partial charge in [0, 0.05) is 27.5 Å². The molecule has 0 aliphatic heterocycles. The molecule has 8 heteroatoms. The summed E-state index contributed by atoms with van der Waals surface area (Å²) in [7, 11) is 0. The van der Waals surface area contributed by atoms with Gasteiger partial charge in [-0.2, -0.15) is 5.26 Å². The molecule has 5 nitrogen and oxygen atoms in total. The number of rotatable bonds is 8. The summed E-state index contributed by atoms with van der Waals surface area (Å²) in [5.74, 6) is 0.169. The van der Waals surface area contributed by atoms with Crippen molar-refractivity contribution in [2.24, 2.45) is 0 Å². The number of aromatic nitrogens is 1. The van der Waals surface area contributed by atoms with Crippen LogP contribution in [0.1, 0.15) is 21.6 Å². The van der Waals surface area contributed by atoms with Gasteiger partial charge in [-0.3, -0.25) is 10.1 Å². The van der Waals surface area contributed by atoms with Gasteiger partial charge in [0.25, 0.3) is 5.91 Å². The van der Waals surface area contributed by atoms with Crippen LogP contribution in [0, 0.1) is 11.3 Å². The first-order chi connectivity index (χ1) is 17.0.